The maximum atomic E-state index is 11.2. The molecule has 0 spiro atoms. The highest BCUT2D eigenvalue weighted by molar-refractivity contribution is 7.85. The lowest BCUT2D eigenvalue weighted by atomic mass is 10.1. The first-order valence-electron chi connectivity index (χ1n) is 6.71. The molecule has 2 atom stereocenters. The van der Waals surface area contributed by atoms with Crippen LogP contribution in [0.15, 0.2) is 30.3 Å². The minimum Gasteiger partial charge on any atom is -0.353 e. The molecule has 0 aliphatic carbocycles. The average molecular weight is 300 g/mol. The highest BCUT2D eigenvalue weighted by Gasteiger charge is 2.22. The molecule has 5 nitrogen and oxygen atoms in total. The van der Waals surface area contributed by atoms with Gasteiger partial charge in [-0.2, -0.15) is 8.42 Å². The van der Waals surface area contributed by atoms with E-state index in [0.29, 0.717) is 6.61 Å². The van der Waals surface area contributed by atoms with E-state index in [0.717, 1.165) is 31.1 Å². The summed E-state index contributed by atoms with van der Waals surface area (Å²) in [6, 6.07) is 9.44. The predicted octanol–water partition coefficient (Wildman–Crippen LogP) is 2.25. The lowest BCUT2D eigenvalue weighted by molar-refractivity contribution is -0.195. The van der Waals surface area contributed by atoms with Gasteiger partial charge in [-0.3, -0.25) is 4.18 Å². The van der Waals surface area contributed by atoms with E-state index in [9.17, 15) is 8.42 Å². The number of benzene rings is 1. The van der Waals surface area contributed by atoms with Crippen LogP contribution in [0, 0.1) is 0 Å². The molecule has 0 bridgehead atoms. The summed E-state index contributed by atoms with van der Waals surface area (Å²) in [5, 5.41) is 0. The van der Waals surface area contributed by atoms with E-state index in [-0.39, 0.29) is 12.9 Å². The second kappa shape index (κ2) is 7.17. The first kappa shape index (κ1) is 15.4. The summed E-state index contributed by atoms with van der Waals surface area (Å²) in [5.41, 5.74) is 0.880. The van der Waals surface area contributed by atoms with E-state index in [2.05, 4.69) is 0 Å². The van der Waals surface area contributed by atoms with E-state index in [1.54, 1.807) is 0 Å². The van der Waals surface area contributed by atoms with Gasteiger partial charge in [-0.05, 0) is 24.8 Å². The standard InChI is InChI=1S/C14H20O5S/c1-20(15,16)18-11-13(12-7-3-2-4-8-12)19-14-9-5-6-10-17-14/h2-4,7-8,13-14H,5-6,9-11H2,1H3/t13-,14?/m0/s1. The van der Waals surface area contributed by atoms with Gasteiger partial charge in [0.2, 0.25) is 0 Å². The molecule has 2 rings (SSSR count). The summed E-state index contributed by atoms with van der Waals surface area (Å²) >= 11 is 0. The first-order valence-corrected chi connectivity index (χ1v) is 8.53. The van der Waals surface area contributed by atoms with Gasteiger partial charge in [0, 0.05) is 6.61 Å². The van der Waals surface area contributed by atoms with Gasteiger partial charge in [0.15, 0.2) is 6.29 Å². The van der Waals surface area contributed by atoms with Crippen LogP contribution in [-0.4, -0.2) is 34.2 Å². The Morgan fingerprint density at radius 3 is 2.65 bits per heavy atom. The minimum absolute atomic E-state index is 0.0390. The molecular weight excluding hydrogens is 280 g/mol. The van der Waals surface area contributed by atoms with Gasteiger partial charge in [0.25, 0.3) is 10.1 Å². The van der Waals surface area contributed by atoms with Gasteiger partial charge in [0.05, 0.1) is 12.9 Å². The topological polar surface area (TPSA) is 61.8 Å². The van der Waals surface area contributed by atoms with Crippen LogP contribution in [0.3, 0.4) is 0 Å². The second-order valence-electron chi connectivity index (χ2n) is 4.82. The molecule has 6 heteroatoms. The van der Waals surface area contributed by atoms with E-state index in [1.807, 2.05) is 30.3 Å². The number of hydrogen-bond acceptors (Lipinski definition) is 5. The van der Waals surface area contributed by atoms with E-state index in [1.165, 1.54) is 0 Å². The second-order valence-corrected chi connectivity index (χ2v) is 6.46. The Hall–Kier alpha value is -0.950. The summed E-state index contributed by atoms with van der Waals surface area (Å²) in [6.07, 6.45) is 3.20. The maximum Gasteiger partial charge on any atom is 0.264 e. The molecule has 112 valence electrons. The van der Waals surface area contributed by atoms with Gasteiger partial charge in [0.1, 0.15) is 6.10 Å². The third kappa shape index (κ3) is 5.20. The SMILES string of the molecule is CS(=O)(=O)OC[C@H](OC1CCCCO1)c1ccccc1. The van der Waals surface area contributed by atoms with E-state index < -0.39 is 16.2 Å². The summed E-state index contributed by atoms with van der Waals surface area (Å²) in [6.45, 7) is 0.641. The van der Waals surface area contributed by atoms with Gasteiger partial charge in [-0.25, -0.2) is 0 Å². The molecule has 0 radical (unpaired) electrons. The average Bonchev–Trinajstić information content (AvgIpc) is 2.44. The zero-order valence-corrected chi connectivity index (χ0v) is 12.3. The van der Waals surface area contributed by atoms with Crippen molar-refractivity contribution in [2.75, 3.05) is 19.5 Å². The lowest BCUT2D eigenvalue weighted by Crippen LogP contribution is -2.26. The van der Waals surface area contributed by atoms with Crippen molar-refractivity contribution in [1.29, 1.82) is 0 Å². The Morgan fingerprint density at radius 2 is 2.05 bits per heavy atom. The predicted molar refractivity (Wildman–Crippen MR) is 74.7 cm³/mol. The molecule has 1 unspecified atom stereocenters. The third-order valence-electron chi connectivity index (χ3n) is 3.06. The van der Waals surface area contributed by atoms with Crippen molar-refractivity contribution in [2.45, 2.75) is 31.7 Å². The normalized spacial score (nSPS) is 21.6. The molecule has 1 fully saturated rings. The molecule has 1 aromatic rings. The monoisotopic (exact) mass is 300 g/mol. The Balaban J connectivity index is 2.03. The molecule has 0 N–H and O–H groups in total. The van der Waals surface area contributed by atoms with Crippen molar-refractivity contribution in [1.82, 2.24) is 0 Å². The fourth-order valence-electron chi connectivity index (χ4n) is 2.07. The molecule has 1 aliphatic rings. The fourth-order valence-corrected chi connectivity index (χ4v) is 2.44. The number of ether oxygens (including phenoxy) is 2. The molecule has 1 aliphatic heterocycles. The summed E-state index contributed by atoms with van der Waals surface area (Å²) in [5.74, 6) is 0. The highest BCUT2D eigenvalue weighted by Crippen LogP contribution is 2.24. The lowest BCUT2D eigenvalue weighted by Gasteiger charge is -2.27. The van der Waals surface area contributed by atoms with Crippen LogP contribution in [0.2, 0.25) is 0 Å². The van der Waals surface area contributed by atoms with Crippen molar-refractivity contribution < 1.29 is 22.1 Å². The van der Waals surface area contributed by atoms with E-state index in [4.69, 9.17) is 13.7 Å². The molecule has 1 saturated heterocycles. The largest absolute Gasteiger partial charge is 0.353 e. The van der Waals surface area contributed by atoms with Gasteiger partial charge >= 0.3 is 0 Å². The smallest absolute Gasteiger partial charge is 0.264 e. The minimum atomic E-state index is -3.49. The van der Waals surface area contributed by atoms with Gasteiger partial charge in [-0.15, -0.1) is 0 Å². The Labute approximate surface area is 120 Å². The van der Waals surface area contributed by atoms with Crippen LogP contribution in [0.5, 0.6) is 0 Å². The summed E-state index contributed by atoms with van der Waals surface area (Å²) < 4.78 is 38.6. The van der Waals surface area contributed by atoms with Crippen molar-refractivity contribution in [2.24, 2.45) is 0 Å². The van der Waals surface area contributed by atoms with Crippen molar-refractivity contribution >= 4 is 10.1 Å². The number of rotatable bonds is 6. The first-order chi connectivity index (χ1) is 9.54. The molecule has 0 saturated carbocycles. The third-order valence-corrected chi connectivity index (χ3v) is 3.62. The van der Waals surface area contributed by atoms with Crippen LogP contribution in [0.25, 0.3) is 0 Å². The Kier molecular flexibility index (Phi) is 5.54. The van der Waals surface area contributed by atoms with Crippen molar-refractivity contribution in [3.8, 4) is 0 Å². The Morgan fingerprint density at radius 1 is 1.30 bits per heavy atom. The van der Waals surface area contributed by atoms with Crippen LogP contribution in [-0.2, 0) is 23.8 Å². The molecule has 20 heavy (non-hydrogen) atoms. The molecule has 1 heterocycles. The maximum absolute atomic E-state index is 11.2. The zero-order chi connectivity index (χ0) is 14.4. The van der Waals surface area contributed by atoms with Crippen LogP contribution in [0.4, 0.5) is 0 Å². The Bertz CT molecular complexity index is 494. The van der Waals surface area contributed by atoms with Crippen molar-refractivity contribution in [3.05, 3.63) is 35.9 Å². The molecular formula is C14H20O5S. The van der Waals surface area contributed by atoms with Crippen LogP contribution in [0.1, 0.15) is 30.9 Å². The molecule has 1 aromatic carbocycles. The van der Waals surface area contributed by atoms with E-state index >= 15 is 0 Å². The number of hydrogen-bond donors (Lipinski definition) is 0. The van der Waals surface area contributed by atoms with Gasteiger partial charge < -0.3 is 9.47 Å². The fraction of sp³-hybridized carbons (Fsp3) is 0.571. The van der Waals surface area contributed by atoms with Crippen LogP contribution >= 0.6 is 0 Å². The van der Waals surface area contributed by atoms with Gasteiger partial charge in [-0.1, -0.05) is 30.3 Å². The summed E-state index contributed by atoms with van der Waals surface area (Å²) in [7, 11) is -3.49. The highest BCUT2D eigenvalue weighted by atomic mass is 32.2. The quantitative estimate of drug-likeness (QED) is 0.754. The van der Waals surface area contributed by atoms with Crippen LogP contribution < -0.4 is 0 Å². The van der Waals surface area contributed by atoms with Crippen molar-refractivity contribution in [3.63, 3.8) is 0 Å². The zero-order valence-electron chi connectivity index (χ0n) is 11.5. The molecule has 0 amide bonds. The summed E-state index contributed by atoms with van der Waals surface area (Å²) in [4.78, 5) is 0. The molecule has 0 aromatic heterocycles.